The van der Waals surface area contributed by atoms with E-state index in [1.165, 1.54) is 0 Å². The summed E-state index contributed by atoms with van der Waals surface area (Å²) in [6.45, 7) is 0. The molecule has 0 aliphatic heterocycles. The molecule has 0 radical (unpaired) electrons. The summed E-state index contributed by atoms with van der Waals surface area (Å²) in [6, 6.07) is 1.99. The Balaban J connectivity index is 2.53. The molecule has 0 saturated heterocycles. The van der Waals surface area contributed by atoms with Crippen LogP contribution in [0.1, 0.15) is 0 Å². The van der Waals surface area contributed by atoms with Crippen LogP contribution in [0.25, 0.3) is 11.4 Å². The molecule has 56 valence electrons. The van der Waals surface area contributed by atoms with Gasteiger partial charge in [0, 0.05) is 10.9 Å². The van der Waals surface area contributed by atoms with Crippen molar-refractivity contribution in [1.29, 1.82) is 0 Å². The molecule has 0 saturated carbocycles. The second-order valence-corrected chi connectivity index (χ2v) is 3.19. The number of thiophene rings is 1. The third kappa shape index (κ3) is 1.24. The number of aromatic amines is 2. The number of nitrogens with one attached hydrogen (secondary N) is 2. The van der Waals surface area contributed by atoms with Gasteiger partial charge in [-0.2, -0.15) is 16.3 Å². The van der Waals surface area contributed by atoms with Crippen molar-refractivity contribution in [3.63, 3.8) is 0 Å². The quantitative estimate of drug-likeness (QED) is 0.666. The first-order valence-corrected chi connectivity index (χ1v) is 4.38. The highest BCUT2D eigenvalue weighted by molar-refractivity contribution is 7.71. The fourth-order valence-electron chi connectivity index (χ4n) is 0.806. The van der Waals surface area contributed by atoms with E-state index < -0.39 is 0 Å². The van der Waals surface area contributed by atoms with Gasteiger partial charge < -0.3 is 0 Å². The maximum absolute atomic E-state index is 4.81. The van der Waals surface area contributed by atoms with E-state index in [0.29, 0.717) is 4.77 Å². The minimum atomic E-state index is 0.492. The van der Waals surface area contributed by atoms with Crippen molar-refractivity contribution in [2.45, 2.75) is 0 Å². The van der Waals surface area contributed by atoms with Crippen molar-refractivity contribution < 1.29 is 0 Å². The third-order valence-electron chi connectivity index (χ3n) is 1.30. The summed E-state index contributed by atoms with van der Waals surface area (Å²) in [5.41, 5.74) is 1.07. The fourth-order valence-corrected chi connectivity index (χ4v) is 1.59. The van der Waals surface area contributed by atoms with Gasteiger partial charge in [-0.15, -0.1) is 0 Å². The van der Waals surface area contributed by atoms with E-state index in [0.717, 1.165) is 11.4 Å². The van der Waals surface area contributed by atoms with Gasteiger partial charge in [-0.05, 0) is 23.7 Å². The molecule has 0 fully saturated rings. The van der Waals surface area contributed by atoms with Gasteiger partial charge >= 0.3 is 0 Å². The Kier molecular flexibility index (Phi) is 1.59. The Labute approximate surface area is 72.1 Å². The molecule has 0 unspecified atom stereocenters. The zero-order valence-electron chi connectivity index (χ0n) is 5.50. The lowest BCUT2D eigenvalue weighted by Crippen LogP contribution is -1.74. The first kappa shape index (κ1) is 6.75. The number of aromatic nitrogens is 3. The van der Waals surface area contributed by atoms with Gasteiger partial charge in [0.15, 0.2) is 5.82 Å². The molecule has 2 N–H and O–H groups in total. The highest BCUT2D eigenvalue weighted by Gasteiger charge is 1.98. The smallest absolute Gasteiger partial charge is 0.213 e. The Morgan fingerprint density at radius 3 is 2.91 bits per heavy atom. The summed E-state index contributed by atoms with van der Waals surface area (Å²) >= 11 is 6.45. The zero-order valence-corrected chi connectivity index (χ0v) is 7.13. The molecule has 2 aromatic heterocycles. The normalized spacial score (nSPS) is 10.2. The number of hydrogen-bond acceptors (Lipinski definition) is 3. The van der Waals surface area contributed by atoms with E-state index >= 15 is 0 Å². The van der Waals surface area contributed by atoms with Crippen LogP contribution in [0.15, 0.2) is 16.8 Å². The van der Waals surface area contributed by atoms with E-state index in [4.69, 9.17) is 12.2 Å². The lowest BCUT2D eigenvalue weighted by atomic mass is 10.3. The van der Waals surface area contributed by atoms with Crippen LogP contribution in [0, 0.1) is 4.77 Å². The summed E-state index contributed by atoms with van der Waals surface area (Å²) in [5.74, 6) is 0.802. The topological polar surface area (TPSA) is 44.5 Å². The van der Waals surface area contributed by atoms with Gasteiger partial charge in [0.05, 0.1) is 0 Å². The van der Waals surface area contributed by atoms with Crippen LogP contribution in [0.3, 0.4) is 0 Å². The standard InChI is InChI=1S/C6H5N3S2/c10-6-7-5(8-9-6)4-1-2-11-3-4/h1-3H,(H2,7,8,9,10). The van der Waals surface area contributed by atoms with Crippen LogP contribution in [-0.2, 0) is 0 Å². The molecule has 2 aromatic rings. The molecular formula is C6H5N3S2. The number of H-pyrrole nitrogens is 2. The van der Waals surface area contributed by atoms with E-state index in [1.54, 1.807) is 11.3 Å². The van der Waals surface area contributed by atoms with Crippen LogP contribution >= 0.6 is 23.6 Å². The van der Waals surface area contributed by atoms with Crippen molar-refractivity contribution in [1.82, 2.24) is 15.2 Å². The summed E-state index contributed by atoms with van der Waals surface area (Å²) in [5, 5.41) is 9.63. The van der Waals surface area contributed by atoms with Gasteiger partial charge in [0.2, 0.25) is 4.77 Å². The summed E-state index contributed by atoms with van der Waals surface area (Å²) in [4.78, 5) is 4.06. The summed E-state index contributed by atoms with van der Waals surface area (Å²) < 4.78 is 0.492. The minimum Gasteiger partial charge on any atom is -0.282 e. The highest BCUT2D eigenvalue weighted by atomic mass is 32.1. The maximum atomic E-state index is 4.81. The molecule has 0 aliphatic carbocycles. The number of rotatable bonds is 1. The van der Waals surface area contributed by atoms with Crippen molar-refractivity contribution in [3.05, 3.63) is 21.6 Å². The van der Waals surface area contributed by atoms with E-state index in [9.17, 15) is 0 Å². The first-order chi connectivity index (χ1) is 5.36. The van der Waals surface area contributed by atoms with Crippen molar-refractivity contribution in [3.8, 4) is 11.4 Å². The van der Waals surface area contributed by atoms with Crippen LogP contribution in [0.5, 0.6) is 0 Å². The molecule has 0 aliphatic rings. The Hall–Kier alpha value is -0.940. The van der Waals surface area contributed by atoms with Crippen LogP contribution in [0.4, 0.5) is 0 Å². The van der Waals surface area contributed by atoms with Crippen LogP contribution < -0.4 is 0 Å². The van der Waals surface area contributed by atoms with Gasteiger partial charge in [0.25, 0.3) is 0 Å². The molecule has 2 heterocycles. The lowest BCUT2D eigenvalue weighted by molar-refractivity contribution is 1.08. The molecule has 0 aromatic carbocycles. The Morgan fingerprint density at radius 1 is 1.45 bits per heavy atom. The van der Waals surface area contributed by atoms with E-state index in [2.05, 4.69) is 15.2 Å². The average Bonchev–Trinajstić information content (AvgIpc) is 2.55. The predicted octanol–water partition coefficient (Wildman–Crippen LogP) is 2.20. The largest absolute Gasteiger partial charge is 0.282 e. The molecule has 0 atom stereocenters. The summed E-state index contributed by atoms with van der Waals surface area (Å²) in [6.07, 6.45) is 0. The first-order valence-electron chi connectivity index (χ1n) is 3.03. The Morgan fingerprint density at radius 2 is 2.36 bits per heavy atom. The molecule has 0 bridgehead atoms. The predicted molar refractivity (Wildman–Crippen MR) is 47.1 cm³/mol. The highest BCUT2D eigenvalue weighted by Crippen LogP contribution is 2.16. The second-order valence-electron chi connectivity index (χ2n) is 2.03. The molecular weight excluding hydrogens is 178 g/mol. The second kappa shape index (κ2) is 2.60. The maximum Gasteiger partial charge on any atom is 0.213 e. The van der Waals surface area contributed by atoms with Gasteiger partial charge in [-0.25, -0.2) is 0 Å². The Bertz CT molecular complexity index is 384. The van der Waals surface area contributed by atoms with Crippen LogP contribution in [0.2, 0.25) is 0 Å². The lowest BCUT2D eigenvalue weighted by Gasteiger charge is -1.84. The molecule has 11 heavy (non-hydrogen) atoms. The van der Waals surface area contributed by atoms with Gasteiger partial charge in [0.1, 0.15) is 0 Å². The van der Waals surface area contributed by atoms with Gasteiger partial charge in [-0.3, -0.25) is 10.2 Å². The third-order valence-corrected chi connectivity index (χ3v) is 2.17. The fraction of sp³-hybridized carbons (Fsp3) is 0. The van der Waals surface area contributed by atoms with Crippen molar-refractivity contribution in [2.75, 3.05) is 0 Å². The molecule has 3 nitrogen and oxygen atoms in total. The number of nitrogens with zero attached hydrogens (tertiary/aromatic N) is 1. The summed E-state index contributed by atoms with van der Waals surface area (Å²) in [7, 11) is 0. The van der Waals surface area contributed by atoms with E-state index in [1.807, 2.05) is 16.8 Å². The van der Waals surface area contributed by atoms with Crippen LogP contribution in [-0.4, -0.2) is 15.2 Å². The average molecular weight is 183 g/mol. The minimum absolute atomic E-state index is 0.492. The molecule has 2 rings (SSSR count). The van der Waals surface area contributed by atoms with Crippen molar-refractivity contribution in [2.24, 2.45) is 0 Å². The molecule has 0 amide bonds. The molecule has 5 heteroatoms. The van der Waals surface area contributed by atoms with Crippen molar-refractivity contribution >= 4 is 23.6 Å². The van der Waals surface area contributed by atoms with E-state index in [-0.39, 0.29) is 0 Å². The zero-order chi connectivity index (χ0) is 7.68. The monoisotopic (exact) mass is 183 g/mol. The number of hydrogen-bond donors (Lipinski definition) is 2. The van der Waals surface area contributed by atoms with Gasteiger partial charge in [-0.1, -0.05) is 0 Å². The molecule has 0 spiro atoms. The SMILES string of the molecule is S=c1nc(-c2ccsc2)[nH][nH]1.